The number of carbonyl (C=O) groups is 3. The number of nitrogens with one attached hydrogen (secondary N) is 1. The molecule has 1 N–H and O–H groups in total. The summed E-state index contributed by atoms with van der Waals surface area (Å²) in [6.45, 7) is 5.43. The van der Waals surface area contributed by atoms with Gasteiger partial charge in [-0.05, 0) is 44.0 Å². The number of rotatable bonds is 10. The maximum absolute atomic E-state index is 12.5. The quantitative estimate of drug-likeness (QED) is 0.357. The van der Waals surface area contributed by atoms with Crippen LogP contribution in [0.15, 0.2) is 18.2 Å². The monoisotopic (exact) mass is 417 g/mol. The summed E-state index contributed by atoms with van der Waals surface area (Å²) in [7, 11) is 2.75. The summed E-state index contributed by atoms with van der Waals surface area (Å²) in [5, 5.41) is 0. The zero-order valence-electron chi connectivity index (χ0n) is 17.9. The first kappa shape index (κ1) is 23.0. The minimum absolute atomic E-state index is 0.206. The third-order valence-corrected chi connectivity index (χ3v) is 4.60. The van der Waals surface area contributed by atoms with E-state index in [0.717, 1.165) is 12.8 Å². The summed E-state index contributed by atoms with van der Waals surface area (Å²) in [6, 6.07) is 4.69. The van der Waals surface area contributed by atoms with Crippen LogP contribution >= 0.6 is 0 Å². The highest BCUT2D eigenvalue weighted by Gasteiger charge is 2.23. The van der Waals surface area contributed by atoms with Crippen LogP contribution < -0.4 is 9.47 Å². The number of unbranched alkanes of at least 4 members (excludes halogenated alkanes) is 1. The average Bonchev–Trinajstić information content (AvgIpc) is 3.05. The van der Waals surface area contributed by atoms with Crippen LogP contribution in [0.2, 0.25) is 0 Å². The Hall–Kier alpha value is -3.29. The highest BCUT2D eigenvalue weighted by atomic mass is 16.5. The normalized spacial score (nSPS) is 10.4. The Kier molecular flexibility index (Phi) is 8.03. The lowest BCUT2D eigenvalue weighted by Gasteiger charge is -2.11. The Bertz CT molecular complexity index is 930. The largest absolute Gasteiger partial charge is 0.493 e. The molecular weight excluding hydrogens is 390 g/mol. The number of hydrogen-bond acceptors (Lipinski definition) is 7. The SMILES string of the molecule is CCCCOc1ccc(C(=O)OCC(=O)c2[nH]c(C)c(C(=O)OC)c2C)cc1OC. The average molecular weight is 417 g/mol. The molecule has 0 unspecified atom stereocenters. The Balaban J connectivity index is 2.07. The number of Topliss-reactive ketones (excluding diaryl/α,β-unsaturated/α-hetero) is 1. The van der Waals surface area contributed by atoms with Gasteiger partial charge in [-0.25, -0.2) is 9.59 Å². The first-order valence-corrected chi connectivity index (χ1v) is 9.62. The number of hydrogen-bond donors (Lipinski definition) is 1. The molecule has 8 heteroatoms. The van der Waals surface area contributed by atoms with Crippen molar-refractivity contribution in [3.05, 3.63) is 46.3 Å². The first-order valence-electron chi connectivity index (χ1n) is 9.62. The van der Waals surface area contributed by atoms with E-state index in [0.29, 0.717) is 34.9 Å². The van der Waals surface area contributed by atoms with Crippen LogP contribution in [0.3, 0.4) is 0 Å². The molecule has 8 nitrogen and oxygen atoms in total. The van der Waals surface area contributed by atoms with Crippen molar-refractivity contribution in [1.82, 2.24) is 4.98 Å². The Morgan fingerprint density at radius 2 is 1.77 bits per heavy atom. The zero-order chi connectivity index (χ0) is 22.3. The van der Waals surface area contributed by atoms with Crippen molar-refractivity contribution >= 4 is 17.7 Å². The van der Waals surface area contributed by atoms with E-state index in [2.05, 4.69) is 11.9 Å². The zero-order valence-corrected chi connectivity index (χ0v) is 17.9. The lowest BCUT2D eigenvalue weighted by Crippen LogP contribution is -2.16. The van der Waals surface area contributed by atoms with E-state index < -0.39 is 24.3 Å². The number of esters is 2. The van der Waals surface area contributed by atoms with Crippen molar-refractivity contribution in [2.24, 2.45) is 0 Å². The van der Waals surface area contributed by atoms with Crippen molar-refractivity contribution < 1.29 is 33.3 Å². The molecule has 0 aliphatic heterocycles. The maximum atomic E-state index is 12.5. The number of ketones is 1. The molecule has 0 fully saturated rings. The fourth-order valence-corrected chi connectivity index (χ4v) is 2.96. The number of aromatic amines is 1. The topological polar surface area (TPSA) is 104 Å². The van der Waals surface area contributed by atoms with E-state index in [4.69, 9.17) is 18.9 Å². The van der Waals surface area contributed by atoms with Gasteiger partial charge in [0, 0.05) is 5.69 Å². The fourth-order valence-electron chi connectivity index (χ4n) is 2.96. The third kappa shape index (κ3) is 5.20. The molecular formula is C22H27NO7. The molecule has 0 saturated carbocycles. The molecule has 0 saturated heterocycles. The van der Waals surface area contributed by atoms with E-state index in [1.54, 1.807) is 26.0 Å². The van der Waals surface area contributed by atoms with Crippen LogP contribution in [0.4, 0.5) is 0 Å². The molecule has 1 aromatic heterocycles. The van der Waals surface area contributed by atoms with Gasteiger partial charge in [-0.3, -0.25) is 4.79 Å². The van der Waals surface area contributed by atoms with Gasteiger partial charge in [0.15, 0.2) is 18.1 Å². The van der Waals surface area contributed by atoms with Crippen LogP contribution in [0.1, 0.15) is 62.2 Å². The molecule has 0 amide bonds. The highest BCUT2D eigenvalue weighted by Crippen LogP contribution is 2.28. The van der Waals surface area contributed by atoms with Crippen LogP contribution in [0, 0.1) is 13.8 Å². The lowest BCUT2D eigenvalue weighted by molar-refractivity contribution is 0.0472. The molecule has 0 aliphatic carbocycles. The molecule has 30 heavy (non-hydrogen) atoms. The summed E-state index contributed by atoms with van der Waals surface area (Å²) in [4.78, 5) is 39.6. The number of aryl methyl sites for hydroxylation is 1. The smallest absolute Gasteiger partial charge is 0.339 e. The van der Waals surface area contributed by atoms with Crippen molar-refractivity contribution in [3.8, 4) is 11.5 Å². The van der Waals surface area contributed by atoms with Gasteiger partial charge in [0.25, 0.3) is 0 Å². The summed E-state index contributed by atoms with van der Waals surface area (Å²) >= 11 is 0. The predicted octanol–water partition coefficient (Wildman–Crippen LogP) is 3.65. The second-order valence-corrected chi connectivity index (χ2v) is 6.68. The van der Waals surface area contributed by atoms with Crippen molar-refractivity contribution in [3.63, 3.8) is 0 Å². The van der Waals surface area contributed by atoms with Gasteiger partial charge in [0.2, 0.25) is 5.78 Å². The van der Waals surface area contributed by atoms with E-state index >= 15 is 0 Å². The van der Waals surface area contributed by atoms with Gasteiger partial charge in [-0.1, -0.05) is 13.3 Å². The number of ether oxygens (including phenoxy) is 4. The van der Waals surface area contributed by atoms with Gasteiger partial charge in [0.1, 0.15) is 0 Å². The van der Waals surface area contributed by atoms with E-state index in [9.17, 15) is 14.4 Å². The molecule has 0 aliphatic rings. The van der Waals surface area contributed by atoms with Crippen LogP contribution in [-0.2, 0) is 9.47 Å². The standard InChI is InChI=1S/C22H27NO7/c1-6-7-10-29-17-9-8-15(11-18(17)27-4)21(25)30-12-16(24)20-13(2)19(14(3)23-20)22(26)28-5/h8-9,11,23H,6-7,10,12H2,1-5H3. The number of H-pyrrole nitrogens is 1. The number of carbonyl (C=O) groups excluding carboxylic acids is 3. The van der Waals surface area contributed by atoms with Crippen molar-refractivity contribution in [2.75, 3.05) is 27.4 Å². The van der Waals surface area contributed by atoms with E-state index in [-0.39, 0.29) is 11.3 Å². The molecule has 162 valence electrons. The summed E-state index contributed by atoms with van der Waals surface area (Å²) in [5.74, 6) is -0.719. The minimum Gasteiger partial charge on any atom is -0.493 e. The predicted molar refractivity (Wildman–Crippen MR) is 110 cm³/mol. The first-order chi connectivity index (χ1) is 14.3. The van der Waals surface area contributed by atoms with Crippen LogP contribution in [0.5, 0.6) is 11.5 Å². The second-order valence-electron chi connectivity index (χ2n) is 6.68. The molecule has 1 heterocycles. The summed E-state index contributed by atoms with van der Waals surface area (Å²) in [6.07, 6.45) is 1.91. The number of aromatic nitrogens is 1. The van der Waals surface area contributed by atoms with Crippen molar-refractivity contribution in [1.29, 1.82) is 0 Å². The summed E-state index contributed by atoms with van der Waals surface area (Å²) in [5.41, 5.74) is 1.71. The van der Waals surface area contributed by atoms with Gasteiger partial charge in [-0.15, -0.1) is 0 Å². The fraction of sp³-hybridized carbons (Fsp3) is 0.409. The third-order valence-electron chi connectivity index (χ3n) is 4.60. The van der Waals surface area contributed by atoms with Gasteiger partial charge < -0.3 is 23.9 Å². The molecule has 2 aromatic rings. The number of methoxy groups -OCH3 is 2. The van der Waals surface area contributed by atoms with E-state index in [1.165, 1.54) is 20.3 Å². The number of benzene rings is 1. The molecule has 1 aromatic carbocycles. The lowest BCUT2D eigenvalue weighted by atomic mass is 10.1. The van der Waals surface area contributed by atoms with Crippen LogP contribution in [-0.4, -0.2) is 50.1 Å². The van der Waals surface area contributed by atoms with Gasteiger partial charge in [0.05, 0.1) is 37.6 Å². The van der Waals surface area contributed by atoms with Crippen LogP contribution in [0.25, 0.3) is 0 Å². The molecule has 0 spiro atoms. The highest BCUT2D eigenvalue weighted by molar-refractivity contribution is 6.03. The second kappa shape index (κ2) is 10.5. The molecule has 0 bridgehead atoms. The Morgan fingerprint density at radius 3 is 2.40 bits per heavy atom. The van der Waals surface area contributed by atoms with Crippen molar-refractivity contribution in [2.45, 2.75) is 33.6 Å². The summed E-state index contributed by atoms with van der Waals surface area (Å²) < 4.78 is 20.8. The molecule has 2 rings (SSSR count). The van der Waals surface area contributed by atoms with E-state index in [1.807, 2.05) is 0 Å². The minimum atomic E-state index is -0.670. The maximum Gasteiger partial charge on any atom is 0.339 e. The Morgan fingerprint density at radius 1 is 1.03 bits per heavy atom. The van der Waals surface area contributed by atoms with Gasteiger partial charge in [-0.2, -0.15) is 0 Å². The molecule has 0 radical (unpaired) electrons. The Labute approximate surface area is 175 Å². The van der Waals surface area contributed by atoms with Gasteiger partial charge >= 0.3 is 11.9 Å². The molecule has 0 atom stereocenters.